The van der Waals surface area contributed by atoms with Crippen molar-refractivity contribution in [2.24, 2.45) is 5.92 Å². The highest BCUT2D eigenvalue weighted by Crippen LogP contribution is 2.26. The summed E-state index contributed by atoms with van der Waals surface area (Å²) in [4.78, 5) is 16.1. The summed E-state index contributed by atoms with van der Waals surface area (Å²) in [5.74, 6) is 1.22. The van der Waals surface area contributed by atoms with Gasteiger partial charge in [0.25, 0.3) is 0 Å². The first kappa shape index (κ1) is 12.9. The first-order chi connectivity index (χ1) is 8.65. The lowest BCUT2D eigenvalue weighted by atomic mass is 9.87. The van der Waals surface area contributed by atoms with Crippen LogP contribution in [0.2, 0.25) is 0 Å². The van der Waals surface area contributed by atoms with Crippen molar-refractivity contribution in [3.63, 3.8) is 0 Å². The number of nitrogens with two attached hydrogens (primary N) is 1. The highest BCUT2D eigenvalue weighted by Gasteiger charge is 2.17. The maximum Gasteiger partial charge on any atom is 0.225 e. The predicted octanol–water partition coefficient (Wildman–Crippen LogP) is 2.88. The standard InChI is InChI=1S/C14H21N3O/c1-10-12(15)7-8-13(16-10)17-14(18)9-11-5-3-2-4-6-11/h7-8,11H,2-6,9,15H2,1H3,(H,16,17,18). The summed E-state index contributed by atoms with van der Waals surface area (Å²) < 4.78 is 0. The van der Waals surface area contributed by atoms with Gasteiger partial charge < -0.3 is 11.1 Å². The molecule has 18 heavy (non-hydrogen) atoms. The number of aryl methyl sites for hydroxylation is 1. The van der Waals surface area contributed by atoms with E-state index in [4.69, 9.17) is 5.73 Å². The minimum Gasteiger partial charge on any atom is -0.397 e. The van der Waals surface area contributed by atoms with Gasteiger partial charge in [-0.25, -0.2) is 4.98 Å². The Hall–Kier alpha value is -1.58. The van der Waals surface area contributed by atoms with Gasteiger partial charge in [-0.15, -0.1) is 0 Å². The largest absolute Gasteiger partial charge is 0.397 e. The number of nitrogen functional groups attached to an aromatic ring is 1. The molecule has 4 heteroatoms. The summed E-state index contributed by atoms with van der Waals surface area (Å²) in [6, 6.07) is 3.53. The normalized spacial score (nSPS) is 16.5. The van der Waals surface area contributed by atoms with Crippen molar-refractivity contribution in [3.05, 3.63) is 17.8 Å². The molecule has 1 aromatic rings. The Morgan fingerprint density at radius 1 is 1.39 bits per heavy atom. The highest BCUT2D eigenvalue weighted by atomic mass is 16.1. The van der Waals surface area contributed by atoms with Gasteiger partial charge in [0.15, 0.2) is 0 Å². The van der Waals surface area contributed by atoms with Crippen LogP contribution >= 0.6 is 0 Å². The van der Waals surface area contributed by atoms with Crippen LogP contribution in [0.3, 0.4) is 0 Å². The maximum atomic E-state index is 11.9. The molecule has 0 saturated heterocycles. The summed E-state index contributed by atoms with van der Waals surface area (Å²) in [6.45, 7) is 1.84. The average Bonchev–Trinajstić information content (AvgIpc) is 2.35. The summed E-state index contributed by atoms with van der Waals surface area (Å²) in [6.07, 6.45) is 6.82. The first-order valence-corrected chi connectivity index (χ1v) is 6.68. The predicted molar refractivity (Wildman–Crippen MR) is 73.2 cm³/mol. The van der Waals surface area contributed by atoms with Crippen molar-refractivity contribution in [1.82, 2.24) is 4.98 Å². The first-order valence-electron chi connectivity index (χ1n) is 6.68. The van der Waals surface area contributed by atoms with E-state index in [1.165, 1.54) is 32.1 Å². The van der Waals surface area contributed by atoms with Crippen LogP contribution in [0.15, 0.2) is 12.1 Å². The molecule has 1 heterocycles. The van der Waals surface area contributed by atoms with Gasteiger partial charge in [-0.3, -0.25) is 4.79 Å². The van der Waals surface area contributed by atoms with Gasteiger partial charge in [0.1, 0.15) is 5.82 Å². The Bertz CT molecular complexity index is 425. The average molecular weight is 247 g/mol. The van der Waals surface area contributed by atoms with Crippen molar-refractivity contribution in [3.8, 4) is 0 Å². The minimum atomic E-state index is 0.0681. The quantitative estimate of drug-likeness (QED) is 0.863. The van der Waals surface area contributed by atoms with Crippen LogP contribution in [-0.4, -0.2) is 10.9 Å². The van der Waals surface area contributed by atoms with E-state index in [9.17, 15) is 4.79 Å². The lowest BCUT2D eigenvalue weighted by Crippen LogP contribution is -2.19. The van der Waals surface area contributed by atoms with Crippen molar-refractivity contribution in [2.45, 2.75) is 45.4 Å². The van der Waals surface area contributed by atoms with Crippen LogP contribution < -0.4 is 11.1 Å². The van der Waals surface area contributed by atoms with Gasteiger partial charge in [-0.2, -0.15) is 0 Å². The molecule has 0 atom stereocenters. The number of hydrogen-bond donors (Lipinski definition) is 2. The molecular weight excluding hydrogens is 226 g/mol. The van der Waals surface area contributed by atoms with Crippen molar-refractivity contribution < 1.29 is 4.79 Å². The third kappa shape index (κ3) is 3.45. The smallest absolute Gasteiger partial charge is 0.225 e. The Morgan fingerprint density at radius 3 is 2.78 bits per heavy atom. The van der Waals surface area contributed by atoms with E-state index >= 15 is 0 Å². The molecular formula is C14H21N3O. The molecule has 0 radical (unpaired) electrons. The molecule has 1 aliphatic carbocycles. The van der Waals surface area contributed by atoms with Gasteiger partial charge in [0.05, 0.1) is 11.4 Å². The second kappa shape index (κ2) is 5.85. The molecule has 0 unspecified atom stereocenters. The zero-order valence-corrected chi connectivity index (χ0v) is 10.9. The number of hydrogen-bond acceptors (Lipinski definition) is 3. The van der Waals surface area contributed by atoms with E-state index in [1.807, 2.05) is 6.92 Å². The van der Waals surface area contributed by atoms with Crippen molar-refractivity contribution >= 4 is 17.4 Å². The molecule has 4 nitrogen and oxygen atoms in total. The van der Waals surface area contributed by atoms with E-state index < -0.39 is 0 Å². The number of rotatable bonds is 3. The Kier molecular flexibility index (Phi) is 4.18. The molecule has 1 fully saturated rings. The summed E-state index contributed by atoms with van der Waals surface area (Å²) in [7, 11) is 0. The number of amides is 1. The molecule has 0 aromatic carbocycles. The van der Waals surface area contributed by atoms with Gasteiger partial charge >= 0.3 is 0 Å². The molecule has 0 spiro atoms. The van der Waals surface area contributed by atoms with E-state index in [2.05, 4.69) is 10.3 Å². The zero-order valence-electron chi connectivity index (χ0n) is 10.9. The third-order valence-electron chi connectivity index (χ3n) is 3.59. The Balaban J connectivity index is 1.88. The van der Waals surface area contributed by atoms with Crippen LogP contribution in [0.4, 0.5) is 11.5 Å². The Labute approximate surface area is 108 Å². The van der Waals surface area contributed by atoms with Crippen molar-refractivity contribution in [2.75, 3.05) is 11.1 Å². The van der Waals surface area contributed by atoms with E-state index in [-0.39, 0.29) is 5.91 Å². The molecule has 1 saturated carbocycles. The van der Waals surface area contributed by atoms with Crippen LogP contribution in [-0.2, 0) is 4.79 Å². The molecule has 2 rings (SSSR count). The topological polar surface area (TPSA) is 68.0 Å². The highest BCUT2D eigenvalue weighted by molar-refractivity contribution is 5.90. The van der Waals surface area contributed by atoms with Gasteiger partial charge in [-0.05, 0) is 37.8 Å². The van der Waals surface area contributed by atoms with Crippen LogP contribution in [0.5, 0.6) is 0 Å². The monoisotopic (exact) mass is 247 g/mol. The van der Waals surface area contributed by atoms with E-state index in [0.29, 0.717) is 23.8 Å². The number of carbonyl (C=O) groups is 1. The van der Waals surface area contributed by atoms with E-state index in [1.54, 1.807) is 12.1 Å². The number of nitrogens with one attached hydrogen (secondary N) is 1. The lowest BCUT2D eigenvalue weighted by molar-refractivity contribution is -0.117. The molecule has 1 aliphatic rings. The number of nitrogens with zero attached hydrogens (tertiary/aromatic N) is 1. The molecule has 98 valence electrons. The number of anilines is 2. The SMILES string of the molecule is Cc1nc(NC(=O)CC2CCCCC2)ccc1N. The molecule has 1 aromatic heterocycles. The molecule has 3 N–H and O–H groups in total. The minimum absolute atomic E-state index is 0.0681. The van der Waals surface area contributed by atoms with E-state index in [0.717, 1.165) is 5.69 Å². The fourth-order valence-corrected chi connectivity index (χ4v) is 2.49. The zero-order chi connectivity index (χ0) is 13.0. The molecule has 1 amide bonds. The fourth-order valence-electron chi connectivity index (χ4n) is 2.49. The summed E-state index contributed by atoms with van der Waals surface area (Å²) in [5.41, 5.74) is 7.10. The third-order valence-corrected chi connectivity index (χ3v) is 3.59. The lowest BCUT2D eigenvalue weighted by Gasteiger charge is -2.20. The number of carbonyl (C=O) groups excluding carboxylic acids is 1. The van der Waals surface area contributed by atoms with Crippen molar-refractivity contribution in [1.29, 1.82) is 0 Å². The number of pyridine rings is 1. The van der Waals surface area contributed by atoms with Gasteiger partial charge in [-0.1, -0.05) is 19.3 Å². The van der Waals surface area contributed by atoms with Crippen LogP contribution in [0, 0.1) is 12.8 Å². The van der Waals surface area contributed by atoms with Crippen LogP contribution in [0.25, 0.3) is 0 Å². The molecule has 0 aliphatic heterocycles. The van der Waals surface area contributed by atoms with Gasteiger partial charge in [0, 0.05) is 6.42 Å². The Morgan fingerprint density at radius 2 is 2.11 bits per heavy atom. The second-order valence-electron chi connectivity index (χ2n) is 5.13. The second-order valence-corrected chi connectivity index (χ2v) is 5.13. The fraction of sp³-hybridized carbons (Fsp3) is 0.571. The maximum absolute atomic E-state index is 11.9. The van der Waals surface area contributed by atoms with Gasteiger partial charge in [0.2, 0.25) is 5.91 Å². The number of aromatic nitrogens is 1. The summed E-state index contributed by atoms with van der Waals surface area (Å²) >= 11 is 0. The summed E-state index contributed by atoms with van der Waals surface area (Å²) in [5, 5.41) is 2.85. The van der Waals surface area contributed by atoms with Crippen LogP contribution in [0.1, 0.15) is 44.2 Å². The molecule has 0 bridgehead atoms.